The van der Waals surface area contributed by atoms with Gasteiger partial charge < -0.3 is 14.8 Å². The summed E-state index contributed by atoms with van der Waals surface area (Å²) in [5, 5.41) is 4.93. The van der Waals surface area contributed by atoms with E-state index in [0.29, 0.717) is 41.0 Å². The number of hydrogen-bond acceptors (Lipinski definition) is 6. The predicted molar refractivity (Wildman–Crippen MR) is 176 cm³/mol. The second kappa shape index (κ2) is 13.2. The Kier molecular flexibility index (Phi) is 9.40. The van der Waals surface area contributed by atoms with Gasteiger partial charge in [-0.2, -0.15) is 0 Å². The fourth-order valence-corrected chi connectivity index (χ4v) is 6.24. The van der Waals surface area contributed by atoms with Crippen molar-refractivity contribution in [2.75, 3.05) is 18.5 Å². The highest BCUT2D eigenvalue weighted by Gasteiger charge is 2.36. The molecule has 1 fully saturated rings. The van der Waals surface area contributed by atoms with E-state index in [-0.39, 0.29) is 4.91 Å². The summed E-state index contributed by atoms with van der Waals surface area (Å²) in [5.41, 5.74) is 3.08. The first-order valence-electron chi connectivity index (χ1n) is 13.1. The number of hydrogen-bond donors (Lipinski definition) is 1. The monoisotopic (exact) mass is 712 g/mol. The predicted octanol–water partition coefficient (Wildman–Crippen LogP) is 8.06. The van der Waals surface area contributed by atoms with Gasteiger partial charge in [-0.3, -0.25) is 19.3 Å². The highest BCUT2D eigenvalue weighted by Crippen LogP contribution is 2.38. The van der Waals surface area contributed by atoms with E-state index in [2.05, 4.69) is 46.1 Å². The number of fused-ring (bicyclic) bond motifs is 1. The standard InChI is InChI=1S/C32H26ClIN2O5S/c1-3-40-27-14-20(13-26(34)30(27)41-18-22-9-6-8-21-7-4-5-10-24(21)22)15-28-31(38)36(32(39)42-28)17-29(37)35-23-12-11-19(2)25(33)16-23/h4-16H,3,17-18H2,1-2H3,(H,35,37)/b28-15+. The molecule has 0 saturated carbocycles. The van der Waals surface area contributed by atoms with Crippen LogP contribution in [0.15, 0.2) is 77.7 Å². The maximum absolute atomic E-state index is 13.1. The average molecular weight is 713 g/mol. The Balaban J connectivity index is 1.32. The van der Waals surface area contributed by atoms with E-state index >= 15 is 0 Å². The number of amides is 3. The number of rotatable bonds is 9. The lowest BCUT2D eigenvalue weighted by atomic mass is 10.1. The average Bonchev–Trinajstić information content (AvgIpc) is 3.22. The molecule has 4 aromatic carbocycles. The lowest BCUT2D eigenvalue weighted by Crippen LogP contribution is -2.36. The van der Waals surface area contributed by atoms with Crippen LogP contribution in [0.3, 0.4) is 0 Å². The third kappa shape index (κ3) is 6.74. The van der Waals surface area contributed by atoms with Gasteiger partial charge in [0.05, 0.1) is 15.1 Å². The third-order valence-electron chi connectivity index (χ3n) is 6.51. The van der Waals surface area contributed by atoms with Gasteiger partial charge in [0, 0.05) is 10.7 Å². The van der Waals surface area contributed by atoms with Crippen molar-refractivity contribution in [2.24, 2.45) is 0 Å². The van der Waals surface area contributed by atoms with E-state index in [4.69, 9.17) is 21.1 Å². The quantitative estimate of drug-likeness (QED) is 0.140. The van der Waals surface area contributed by atoms with Crippen molar-refractivity contribution in [1.29, 1.82) is 0 Å². The van der Waals surface area contributed by atoms with Gasteiger partial charge in [0.2, 0.25) is 5.91 Å². The van der Waals surface area contributed by atoms with Gasteiger partial charge in [0.15, 0.2) is 11.5 Å². The maximum atomic E-state index is 13.1. The van der Waals surface area contributed by atoms with Crippen LogP contribution >= 0.6 is 46.0 Å². The molecule has 3 amide bonds. The van der Waals surface area contributed by atoms with Gasteiger partial charge in [-0.15, -0.1) is 0 Å². The van der Waals surface area contributed by atoms with Gasteiger partial charge in [-0.25, -0.2) is 0 Å². The van der Waals surface area contributed by atoms with Crippen LogP contribution in [-0.4, -0.2) is 35.1 Å². The number of anilines is 1. The number of aryl methyl sites for hydroxylation is 1. The van der Waals surface area contributed by atoms with Gasteiger partial charge in [-0.05, 0) is 106 Å². The van der Waals surface area contributed by atoms with Crippen LogP contribution in [0.2, 0.25) is 5.02 Å². The number of nitrogens with zero attached hydrogens (tertiary/aromatic N) is 1. The Labute approximate surface area is 266 Å². The Morgan fingerprint density at radius 3 is 2.62 bits per heavy atom. The molecule has 1 heterocycles. The normalized spacial score (nSPS) is 14.1. The molecule has 0 aromatic heterocycles. The lowest BCUT2D eigenvalue weighted by molar-refractivity contribution is -0.127. The molecule has 42 heavy (non-hydrogen) atoms. The molecule has 0 bridgehead atoms. The largest absolute Gasteiger partial charge is 0.490 e. The van der Waals surface area contributed by atoms with Crippen molar-refractivity contribution in [2.45, 2.75) is 20.5 Å². The van der Waals surface area contributed by atoms with E-state index < -0.39 is 23.6 Å². The molecule has 10 heteroatoms. The van der Waals surface area contributed by atoms with Crippen LogP contribution in [-0.2, 0) is 16.2 Å². The second-order valence-electron chi connectivity index (χ2n) is 9.47. The molecular formula is C32H26ClIN2O5S. The number of carbonyl (C=O) groups is 3. The maximum Gasteiger partial charge on any atom is 0.294 e. The number of nitrogens with one attached hydrogen (secondary N) is 1. The first kappa shape index (κ1) is 29.9. The Hall–Kier alpha value is -3.54. The van der Waals surface area contributed by atoms with E-state index in [9.17, 15) is 14.4 Å². The summed E-state index contributed by atoms with van der Waals surface area (Å²) in [6.45, 7) is 4.10. The van der Waals surface area contributed by atoms with Crippen LogP contribution in [0.5, 0.6) is 11.5 Å². The molecule has 1 aliphatic heterocycles. The summed E-state index contributed by atoms with van der Waals surface area (Å²) in [7, 11) is 0. The van der Waals surface area contributed by atoms with Crippen molar-refractivity contribution >= 4 is 85.5 Å². The van der Waals surface area contributed by atoms with Crippen molar-refractivity contribution in [3.8, 4) is 11.5 Å². The number of benzene rings is 4. The minimum Gasteiger partial charge on any atom is -0.490 e. The van der Waals surface area contributed by atoms with Crippen LogP contribution in [0.4, 0.5) is 10.5 Å². The molecule has 0 unspecified atom stereocenters. The molecule has 1 saturated heterocycles. The smallest absolute Gasteiger partial charge is 0.294 e. The van der Waals surface area contributed by atoms with E-state index in [1.165, 1.54) is 0 Å². The number of thioether (sulfide) groups is 1. The molecule has 0 aliphatic carbocycles. The van der Waals surface area contributed by atoms with Crippen molar-refractivity contribution in [1.82, 2.24) is 4.90 Å². The first-order valence-corrected chi connectivity index (χ1v) is 15.4. The lowest BCUT2D eigenvalue weighted by Gasteiger charge is -2.16. The molecule has 214 valence electrons. The second-order valence-corrected chi connectivity index (χ2v) is 12.0. The molecule has 7 nitrogen and oxygen atoms in total. The van der Waals surface area contributed by atoms with Gasteiger partial charge in [0.25, 0.3) is 11.1 Å². The highest BCUT2D eigenvalue weighted by atomic mass is 127. The van der Waals surface area contributed by atoms with Crippen molar-refractivity contribution in [3.05, 3.63) is 103 Å². The molecule has 0 spiro atoms. The fraction of sp³-hybridized carbons (Fsp3) is 0.156. The summed E-state index contributed by atoms with van der Waals surface area (Å²) >= 11 is 9.10. The topological polar surface area (TPSA) is 84.9 Å². The molecule has 5 rings (SSSR count). The molecule has 1 N–H and O–H groups in total. The summed E-state index contributed by atoms with van der Waals surface area (Å²) in [6.07, 6.45) is 1.63. The Bertz CT molecular complexity index is 1740. The van der Waals surface area contributed by atoms with E-state index in [0.717, 1.165) is 42.1 Å². The highest BCUT2D eigenvalue weighted by molar-refractivity contribution is 14.1. The van der Waals surface area contributed by atoms with Gasteiger partial charge in [-0.1, -0.05) is 60.1 Å². The van der Waals surface area contributed by atoms with Crippen LogP contribution < -0.4 is 14.8 Å². The number of imide groups is 1. The van der Waals surface area contributed by atoms with E-state index in [1.54, 1.807) is 30.3 Å². The number of ether oxygens (including phenoxy) is 2. The van der Waals surface area contributed by atoms with Crippen LogP contribution in [0.25, 0.3) is 16.8 Å². The van der Waals surface area contributed by atoms with Gasteiger partial charge >= 0.3 is 0 Å². The first-order chi connectivity index (χ1) is 20.2. The van der Waals surface area contributed by atoms with Gasteiger partial charge in [0.1, 0.15) is 13.2 Å². The fourth-order valence-electron chi connectivity index (χ4n) is 4.44. The Morgan fingerprint density at radius 2 is 1.83 bits per heavy atom. The third-order valence-corrected chi connectivity index (χ3v) is 8.63. The summed E-state index contributed by atoms with van der Waals surface area (Å²) in [6, 6.07) is 23.0. The van der Waals surface area contributed by atoms with Crippen molar-refractivity contribution in [3.63, 3.8) is 0 Å². The summed E-state index contributed by atoms with van der Waals surface area (Å²) in [5.74, 6) is 0.0976. The molecule has 4 aromatic rings. The number of carbonyl (C=O) groups excluding carboxylic acids is 3. The molecule has 0 atom stereocenters. The zero-order valence-electron chi connectivity index (χ0n) is 22.8. The number of halogens is 2. The summed E-state index contributed by atoms with van der Waals surface area (Å²) < 4.78 is 13.0. The SMILES string of the molecule is CCOc1cc(/C=C2/SC(=O)N(CC(=O)Nc3ccc(C)c(Cl)c3)C2=O)cc(I)c1OCc1cccc2ccccc12. The van der Waals surface area contributed by atoms with Crippen molar-refractivity contribution < 1.29 is 23.9 Å². The zero-order valence-corrected chi connectivity index (χ0v) is 26.5. The van der Waals surface area contributed by atoms with Crippen LogP contribution in [0.1, 0.15) is 23.6 Å². The molecule has 0 radical (unpaired) electrons. The minimum absolute atomic E-state index is 0.217. The molecule has 1 aliphatic rings. The van der Waals surface area contributed by atoms with Crippen LogP contribution in [0, 0.1) is 10.5 Å². The Morgan fingerprint density at radius 1 is 1.05 bits per heavy atom. The zero-order chi connectivity index (χ0) is 29.8. The minimum atomic E-state index is -0.536. The van der Waals surface area contributed by atoms with E-state index in [1.807, 2.05) is 44.2 Å². The molecular weight excluding hydrogens is 687 g/mol. The summed E-state index contributed by atoms with van der Waals surface area (Å²) in [4.78, 5) is 39.5.